The van der Waals surface area contributed by atoms with Crippen LogP contribution >= 0.6 is 27.5 Å². The highest BCUT2D eigenvalue weighted by atomic mass is 79.9. The van der Waals surface area contributed by atoms with Gasteiger partial charge in [0, 0.05) is 10.2 Å². The molecule has 0 aliphatic rings. The molecule has 0 fully saturated rings. The summed E-state index contributed by atoms with van der Waals surface area (Å²) in [5.74, 6) is -0.216. The fourth-order valence-corrected chi connectivity index (χ4v) is 2.36. The molecule has 0 aliphatic carbocycles. The summed E-state index contributed by atoms with van der Waals surface area (Å²) in [7, 11) is 0. The zero-order valence-electron chi connectivity index (χ0n) is 10.5. The Balaban J connectivity index is 2.21. The van der Waals surface area contributed by atoms with Crippen molar-refractivity contribution in [2.75, 3.05) is 5.32 Å². The van der Waals surface area contributed by atoms with Gasteiger partial charge in [0.25, 0.3) is 0 Å². The second-order valence-electron chi connectivity index (χ2n) is 4.29. The molecule has 0 amide bonds. The molecule has 1 atom stereocenters. The van der Waals surface area contributed by atoms with Gasteiger partial charge in [-0.15, -0.1) is 0 Å². The Morgan fingerprint density at radius 3 is 2.68 bits per heavy atom. The quantitative estimate of drug-likeness (QED) is 0.740. The number of hydrogen-bond donors (Lipinski definition) is 1. The first-order chi connectivity index (χ1) is 9.10. The number of halogens is 3. The lowest BCUT2D eigenvalue weighted by Gasteiger charge is -2.19. The van der Waals surface area contributed by atoms with Gasteiger partial charge in [0.2, 0.25) is 0 Å². The minimum atomic E-state index is -0.216. The Hall–Kier alpha value is -1.06. The van der Waals surface area contributed by atoms with E-state index in [1.165, 1.54) is 6.07 Å². The van der Waals surface area contributed by atoms with E-state index in [2.05, 4.69) is 28.2 Å². The van der Waals surface area contributed by atoms with Gasteiger partial charge in [0.1, 0.15) is 5.82 Å². The molecule has 0 heterocycles. The van der Waals surface area contributed by atoms with Crippen LogP contribution in [0, 0.1) is 5.82 Å². The smallest absolute Gasteiger partial charge is 0.123 e. The van der Waals surface area contributed by atoms with Crippen molar-refractivity contribution < 1.29 is 4.39 Å². The number of hydrogen-bond acceptors (Lipinski definition) is 1. The van der Waals surface area contributed by atoms with Gasteiger partial charge >= 0.3 is 0 Å². The van der Waals surface area contributed by atoms with E-state index in [1.807, 2.05) is 24.3 Å². The predicted octanol–water partition coefficient (Wildman–Crippen LogP) is 5.80. The molecule has 0 aromatic heterocycles. The van der Waals surface area contributed by atoms with Crippen molar-refractivity contribution >= 4 is 33.2 Å². The summed E-state index contributed by atoms with van der Waals surface area (Å²) in [4.78, 5) is 0. The van der Waals surface area contributed by atoms with E-state index >= 15 is 0 Å². The van der Waals surface area contributed by atoms with Gasteiger partial charge in [-0.1, -0.05) is 30.7 Å². The molecule has 0 aliphatic heterocycles. The van der Waals surface area contributed by atoms with Crippen LogP contribution in [0.15, 0.2) is 46.9 Å². The summed E-state index contributed by atoms with van der Waals surface area (Å²) in [6, 6.07) is 12.4. The van der Waals surface area contributed by atoms with Gasteiger partial charge in [0.05, 0.1) is 11.1 Å². The van der Waals surface area contributed by atoms with Crippen LogP contribution in [0.5, 0.6) is 0 Å². The third-order valence-electron chi connectivity index (χ3n) is 2.92. The normalized spacial score (nSPS) is 12.2. The Labute approximate surface area is 125 Å². The van der Waals surface area contributed by atoms with Gasteiger partial charge in [-0.3, -0.25) is 0 Å². The van der Waals surface area contributed by atoms with Crippen molar-refractivity contribution in [2.24, 2.45) is 0 Å². The highest BCUT2D eigenvalue weighted by Crippen LogP contribution is 2.29. The summed E-state index contributed by atoms with van der Waals surface area (Å²) < 4.78 is 14.1. The highest BCUT2D eigenvalue weighted by Gasteiger charge is 2.10. The van der Waals surface area contributed by atoms with Crippen LogP contribution in [0.2, 0.25) is 5.02 Å². The molecule has 2 aromatic carbocycles. The van der Waals surface area contributed by atoms with Crippen molar-refractivity contribution in [3.63, 3.8) is 0 Å². The van der Waals surface area contributed by atoms with Crippen molar-refractivity contribution in [1.82, 2.24) is 0 Å². The van der Waals surface area contributed by atoms with Crippen LogP contribution in [0.1, 0.15) is 24.9 Å². The van der Waals surface area contributed by atoms with Gasteiger partial charge < -0.3 is 5.32 Å². The van der Waals surface area contributed by atoms with Gasteiger partial charge in [-0.05, 0) is 58.2 Å². The van der Waals surface area contributed by atoms with Gasteiger partial charge in [0.15, 0.2) is 0 Å². The lowest BCUT2D eigenvalue weighted by molar-refractivity contribution is 0.621. The average molecular weight is 343 g/mol. The Kier molecular flexibility index (Phi) is 4.83. The molecule has 100 valence electrons. The molecule has 2 rings (SSSR count). The average Bonchev–Trinajstić information content (AvgIpc) is 2.40. The summed E-state index contributed by atoms with van der Waals surface area (Å²) in [5.41, 5.74) is 1.85. The molecule has 19 heavy (non-hydrogen) atoms. The molecule has 0 spiro atoms. The lowest BCUT2D eigenvalue weighted by atomic mass is 10.0. The highest BCUT2D eigenvalue weighted by molar-refractivity contribution is 9.10. The van der Waals surface area contributed by atoms with Crippen molar-refractivity contribution in [1.29, 1.82) is 0 Å². The molecular weight excluding hydrogens is 329 g/mol. The molecule has 1 N–H and O–H groups in total. The van der Waals surface area contributed by atoms with E-state index < -0.39 is 0 Å². The molecule has 1 nitrogen and oxygen atoms in total. The summed E-state index contributed by atoms with van der Waals surface area (Å²) in [6.07, 6.45) is 0.858. The minimum absolute atomic E-state index is 0.0629. The first kappa shape index (κ1) is 14.4. The summed E-state index contributed by atoms with van der Waals surface area (Å²) in [6.45, 7) is 2.06. The maximum atomic E-state index is 13.3. The van der Waals surface area contributed by atoms with E-state index in [4.69, 9.17) is 11.6 Å². The molecule has 0 bridgehead atoms. The van der Waals surface area contributed by atoms with Crippen LogP contribution in [0.4, 0.5) is 10.1 Å². The van der Waals surface area contributed by atoms with E-state index in [0.29, 0.717) is 5.02 Å². The largest absolute Gasteiger partial charge is 0.378 e. The Morgan fingerprint density at radius 1 is 1.26 bits per heavy atom. The first-order valence-corrected chi connectivity index (χ1v) is 7.24. The number of benzene rings is 2. The standard InChI is InChI=1S/C15H14BrClFN/c1-2-15(10-4-3-5-11(18)8-10)19-12-6-7-13(16)14(17)9-12/h3-9,15,19H,2H2,1H3. The van der Waals surface area contributed by atoms with Crippen molar-refractivity contribution in [3.05, 3.63) is 63.3 Å². The second-order valence-corrected chi connectivity index (χ2v) is 5.55. The maximum Gasteiger partial charge on any atom is 0.123 e. The fourth-order valence-electron chi connectivity index (χ4n) is 1.93. The number of rotatable bonds is 4. The lowest BCUT2D eigenvalue weighted by Crippen LogP contribution is -2.09. The van der Waals surface area contributed by atoms with Crippen LogP contribution in [0.3, 0.4) is 0 Å². The van der Waals surface area contributed by atoms with Gasteiger partial charge in [-0.2, -0.15) is 0 Å². The third kappa shape index (κ3) is 3.71. The van der Waals surface area contributed by atoms with E-state index in [9.17, 15) is 4.39 Å². The second kappa shape index (κ2) is 6.40. The minimum Gasteiger partial charge on any atom is -0.378 e. The van der Waals surface area contributed by atoms with Crippen LogP contribution in [-0.4, -0.2) is 0 Å². The zero-order valence-corrected chi connectivity index (χ0v) is 12.8. The monoisotopic (exact) mass is 341 g/mol. The van der Waals surface area contributed by atoms with E-state index in [1.54, 1.807) is 12.1 Å². The molecular formula is C15H14BrClFN. The first-order valence-electron chi connectivity index (χ1n) is 6.07. The predicted molar refractivity (Wildman–Crippen MR) is 82.2 cm³/mol. The summed E-state index contributed by atoms with van der Waals surface area (Å²) >= 11 is 9.42. The molecule has 1 unspecified atom stereocenters. The van der Waals surface area contributed by atoms with E-state index in [-0.39, 0.29) is 11.9 Å². The topological polar surface area (TPSA) is 12.0 Å². The van der Waals surface area contributed by atoms with Crippen LogP contribution in [-0.2, 0) is 0 Å². The maximum absolute atomic E-state index is 13.3. The number of nitrogens with one attached hydrogen (secondary N) is 1. The van der Waals surface area contributed by atoms with Crippen molar-refractivity contribution in [2.45, 2.75) is 19.4 Å². The molecule has 0 radical (unpaired) electrons. The van der Waals surface area contributed by atoms with E-state index in [0.717, 1.165) is 22.1 Å². The SMILES string of the molecule is CCC(Nc1ccc(Br)c(Cl)c1)c1cccc(F)c1. The molecule has 4 heteroatoms. The van der Waals surface area contributed by atoms with Crippen LogP contribution in [0.25, 0.3) is 0 Å². The molecule has 0 saturated heterocycles. The number of anilines is 1. The summed E-state index contributed by atoms with van der Waals surface area (Å²) in [5, 5.41) is 4.02. The van der Waals surface area contributed by atoms with Crippen LogP contribution < -0.4 is 5.32 Å². The molecule has 2 aromatic rings. The van der Waals surface area contributed by atoms with Crippen molar-refractivity contribution in [3.8, 4) is 0 Å². The Morgan fingerprint density at radius 2 is 2.05 bits per heavy atom. The fraction of sp³-hybridized carbons (Fsp3) is 0.200. The van der Waals surface area contributed by atoms with Gasteiger partial charge in [-0.25, -0.2) is 4.39 Å². The third-order valence-corrected chi connectivity index (χ3v) is 4.15. The molecule has 0 saturated carbocycles. The zero-order chi connectivity index (χ0) is 13.8. The Bertz CT molecular complexity index is 574.